The first-order chi connectivity index (χ1) is 13.3. The van der Waals surface area contributed by atoms with E-state index in [2.05, 4.69) is 5.32 Å². The molecule has 10 heteroatoms. The average Bonchev–Trinajstić information content (AvgIpc) is 3.27. The van der Waals surface area contributed by atoms with Crippen LogP contribution in [-0.4, -0.2) is 73.6 Å². The molecule has 2 aliphatic heterocycles. The number of nitrogens with zero attached hydrogens (tertiary/aromatic N) is 3. The molecule has 0 aromatic heterocycles. The van der Waals surface area contributed by atoms with Crippen molar-refractivity contribution in [1.29, 1.82) is 0 Å². The van der Waals surface area contributed by atoms with Gasteiger partial charge in [-0.25, -0.2) is 13.2 Å². The van der Waals surface area contributed by atoms with Gasteiger partial charge in [0.25, 0.3) is 0 Å². The quantitative estimate of drug-likeness (QED) is 0.680. The summed E-state index contributed by atoms with van der Waals surface area (Å²) in [6.07, 6.45) is 2.16. The Labute approximate surface area is 164 Å². The maximum atomic E-state index is 12.6. The molecule has 0 aliphatic carbocycles. The molecule has 1 N–H and O–H groups in total. The van der Waals surface area contributed by atoms with Gasteiger partial charge in [-0.15, -0.1) is 0 Å². The molecule has 1 aromatic carbocycles. The van der Waals surface area contributed by atoms with Crippen molar-refractivity contribution < 1.29 is 22.8 Å². The van der Waals surface area contributed by atoms with E-state index in [0.29, 0.717) is 25.2 Å². The molecule has 9 nitrogen and oxygen atoms in total. The molecular weight excluding hydrogens is 384 g/mol. The van der Waals surface area contributed by atoms with Crippen LogP contribution in [0.1, 0.15) is 25.7 Å². The fourth-order valence-electron chi connectivity index (χ4n) is 3.32. The predicted molar refractivity (Wildman–Crippen MR) is 102 cm³/mol. The molecule has 3 rings (SSSR count). The summed E-state index contributed by atoms with van der Waals surface area (Å²) in [6.45, 7) is 1.27. The third-order valence-corrected chi connectivity index (χ3v) is 6.73. The van der Waals surface area contributed by atoms with E-state index in [1.54, 1.807) is 19.2 Å². The van der Waals surface area contributed by atoms with E-state index in [1.807, 2.05) is 0 Å². The molecular formula is C18H24N4O5S. The Kier molecular flexibility index (Phi) is 5.99. The summed E-state index contributed by atoms with van der Waals surface area (Å²) < 4.78 is 26.7. The van der Waals surface area contributed by atoms with E-state index in [0.717, 1.165) is 17.7 Å². The zero-order valence-electron chi connectivity index (χ0n) is 15.8. The number of hydrogen-bond donors (Lipinski definition) is 1. The lowest BCUT2D eigenvalue weighted by Gasteiger charge is -2.16. The van der Waals surface area contributed by atoms with Crippen LogP contribution < -0.4 is 5.32 Å². The van der Waals surface area contributed by atoms with Crippen molar-refractivity contribution in [1.82, 2.24) is 14.1 Å². The largest absolute Gasteiger partial charge is 0.326 e. The number of carbonyl (C=O) groups is 3. The Hall–Kier alpha value is -2.46. The number of carbonyl (C=O) groups excluding carboxylic acids is 3. The van der Waals surface area contributed by atoms with Gasteiger partial charge in [0.1, 0.15) is 6.54 Å². The lowest BCUT2D eigenvalue weighted by atomic mass is 10.2. The molecule has 152 valence electrons. The highest BCUT2D eigenvalue weighted by Gasteiger charge is 2.33. The van der Waals surface area contributed by atoms with Crippen LogP contribution in [0.2, 0.25) is 0 Å². The van der Waals surface area contributed by atoms with Gasteiger partial charge in [0.15, 0.2) is 0 Å². The van der Waals surface area contributed by atoms with Crippen molar-refractivity contribution in [2.45, 2.75) is 30.6 Å². The molecule has 0 saturated carbocycles. The van der Waals surface area contributed by atoms with Crippen molar-refractivity contribution in [2.75, 3.05) is 38.5 Å². The van der Waals surface area contributed by atoms with Gasteiger partial charge in [-0.2, -0.15) is 4.31 Å². The van der Waals surface area contributed by atoms with Crippen molar-refractivity contribution >= 4 is 33.6 Å². The second kappa shape index (κ2) is 8.27. The molecule has 0 bridgehead atoms. The van der Waals surface area contributed by atoms with Crippen molar-refractivity contribution in [3.63, 3.8) is 0 Å². The molecule has 2 saturated heterocycles. The van der Waals surface area contributed by atoms with Crippen LogP contribution in [0.15, 0.2) is 29.2 Å². The van der Waals surface area contributed by atoms with Gasteiger partial charge < -0.3 is 10.2 Å². The highest BCUT2D eigenvalue weighted by molar-refractivity contribution is 7.89. The number of likely N-dealkylation sites (N-methyl/N-ethyl adjacent to an activating group) is 1. The van der Waals surface area contributed by atoms with E-state index in [9.17, 15) is 22.8 Å². The first kappa shape index (κ1) is 20.3. The normalized spacial score (nSPS) is 18.2. The summed E-state index contributed by atoms with van der Waals surface area (Å²) >= 11 is 0. The second-order valence-electron chi connectivity index (χ2n) is 6.97. The summed E-state index contributed by atoms with van der Waals surface area (Å²) in [5.74, 6) is -0.573. The van der Waals surface area contributed by atoms with Crippen LogP contribution in [0.5, 0.6) is 0 Å². The zero-order chi connectivity index (χ0) is 20.3. The van der Waals surface area contributed by atoms with Crippen molar-refractivity contribution in [3.05, 3.63) is 24.3 Å². The van der Waals surface area contributed by atoms with Gasteiger partial charge in [-0.1, -0.05) is 6.07 Å². The summed E-state index contributed by atoms with van der Waals surface area (Å²) in [4.78, 5) is 38.3. The zero-order valence-corrected chi connectivity index (χ0v) is 16.6. The Bertz CT molecular complexity index is 880. The highest BCUT2D eigenvalue weighted by atomic mass is 32.2. The Balaban J connectivity index is 1.54. The summed E-state index contributed by atoms with van der Waals surface area (Å²) in [5.41, 5.74) is 0.401. The fraction of sp³-hybridized carbons (Fsp3) is 0.500. The monoisotopic (exact) mass is 408 g/mol. The molecule has 0 radical (unpaired) electrons. The summed E-state index contributed by atoms with van der Waals surface area (Å²) in [7, 11) is -2.00. The van der Waals surface area contributed by atoms with E-state index in [1.165, 1.54) is 21.3 Å². The molecule has 28 heavy (non-hydrogen) atoms. The number of imide groups is 1. The van der Waals surface area contributed by atoms with Crippen molar-refractivity contribution in [2.24, 2.45) is 0 Å². The number of amides is 4. The van der Waals surface area contributed by atoms with Crippen LogP contribution in [0, 0.1) is 0 Å². The van der Waals surface area contributed by atoms with E-state index in [4.69, 9.17) is 0 Å². The molecule has 2 fully saturated rings. The van der Waals surface area contributed by atoms with Crippen LogP contribution in [0.3, 0.4) is 0 Å². The number of anilines is 1. The second-order valence-corrected chi connectivity index (χ2v) is 8.91. The van der Waals surface area contributed by atoms with E-state index in [-0.39, 0.29) is 42.3 Å². The number of rotatable bonds is 7. The number of nitrogens with one attached hydrogen (secondary N) is 1. The summed E-state index contributed by atoms with van der Waals surface area (Å²) in [5, 5.41) is 2.68. The van der Waals surface area contributed by atoms with Gasteiger partial charge in [0.2, 0.25) is 21.8 Å². The predicted octanol–water partition coefficient (Wildman–Crippen LogP) is 1.08. The molecule has 0 atom stereocenters. The standard InChI is InChI=1S/C18H24N4O5S/c1-20-13-17(24)22(18(20)25)11-5-8-16(23)19-14-6-4-7-15(12-14)28(26,27)21-9-2-3-10-21/h4,6-7,12H,2-3,5,8-11,13H2,1H3,(H,19,23). The smallest absolute Gasteiger partial charge is 0.326 e. The van der Waals surface area contributed by atoms with Gasteiger partial charge >= 0.3 is 6.03 Å². The molecule has 2 heterocycles. The Morgan fingerprint density at radius 1 is 1.18 bits per heavy atom. The first-order valence-electron chi connectivity index (χ1n) is 9.24. The summed E-state index contributed by atoms with van der Waals surface area (Å²) in [6, 6.07) is 5.84. The minimum Gasteiger partial charge on any atom is -0.326 e. The van der Waals surface area contributed by atoms with Crippen LogP contribution in [-0.2, 0) is 19.6 Å². The SMILES string of the molecule is CN1CC(=O)N(CCCC(=O)Nc2cccc(S(=O)(=O)N3CCCC3)c2)C1=O. The molecule has 4 amide bonds. The van der Waals surface area contributed by atoms with Crippen LogP contribution in [0.4, 0.5) is 10.5 Å². The van der Waals surface area contributed by atoms with E-state index >= 15 is 0 Å². The maximum Gasteiger partial charge on any atom is 0.326 e. The highest BCUT2D eigenvalue weighted by Crippen LogP contribution is 2.23. The minimum absolute atomic E-state index is 0.0588. The third kappa shape index (κ3) is 4.33. The molecule has 1 aromatic rings. The lowest BCUT2D eigenvalue weighted by molar-refractivity contribution is -0.125. The first-order valence-corrected chi connectivity index (χ1v) is 10.7. The number of sulfonamides is 1. The molecule has 0 spiro atoms. The average molecular weight is 408 g/mol. The Morgan fingerprint density at radius 3 is 2.54 bits per heavy atom. The van der Waals surface area contributed by atoms with Gasteiger partial charge in [-0.05, 0) is 37.5 Å². The van der Waals surface area contributed by atoms with Crippen LogP contribution in [0.25, 0.3) is 0 Å². The number of hydrogen-bond acceptors (Lipinski definition) is 5. The van der Waals surface area contributed by atoms with Gasteiger partial charge in [-0.3, -0.25) is 14.5 Å². The van der Waals surface area contributed by atoms with Gasteiger partial charge in [0, 0.05) is 38.8 Å². The topological polar surface area (TPSA) is 107 Å². The Morgan fingerprint density at radius 2 is 1.89 bits per heavy atom. The molecule has 0 unspecified atom stereocenters. The van der Waals surface area contributed by atoms with Crippen molar-refractivity contribution in [3.8, 4) is 0 Å². The number of benzene rings is 1. The number of urea groups is 1. The minimum atomic E-state index is -3.55. The van der Waals surface area contributed by atoms with Gasteiger partial charge in [0.05, 0.1) is 4.90 Å². The maximum absolute atomic E-state index is 12.6. The fourth-order valence-corrected chi connectivity index (χ4v) is 4.89. The lowest BCUT2D eigenvalue weighted by Crippen LogP contribution is -2.32. The van der Waals surface area contributed by atoms with Crippen LogP contribution >= 0.6 is 0 Å². The van der Waals surface area contributed by atoms with E-state index < -0.39 is 10.0 Å². The third-order valence-electron chi connectivity index (χ3n) is 4.84. The molecule has 2 aliphatic rings.